The fourth-order valence-electron chi connectivity index (χ4n) is 6.49. The number of nitrogens with zero attached hydrogens (tertiary/aromatic N) is 1. The van der Waals surface area contributed by atoms with Crippen molar-refractivity contribution in [3.63, 3.8) is 0 Å². The second-order valence-corrected chi connectivity index (χ2v) is 12.0. The van der Waals surface area contributed by atoms with Gasteiger partial charge in [-0.05, 0) is 69.6 Å². The molecular formula is C38H30ClFN2O3. The van der Waals surface area contributed by atoms with Gasteiger partial charge in [0.1, 0.15) is 12.4 Å². The second kappa shape index (κ2) is 11.9. The van der Waals surface area contributed by atoms with Gasteiger partial charge in [-0.2, -0.15) is 0 Å². The van der Waals surface area contributed by atoms with Crippen LogP contribution in [0.1, 0.15) is 61.3 Å². The van der Waals surface area contributed by atoms with E-state index in [9.17, 15) is 14.0 Å². The number of rotatable bonds is 6. The molecule has 0 bridgehead atoms. The number of aryl methyl sites for hydroxylation is 1. The van der Waals surface area contributed by atoms with Crippen molar-refractivity contribution in [2.45, 2.75) is 32.0 Å². The van der Waals surface area contributed by atoms with Crippen molar-refractivity contribution in [2.24, 2.45) is 0 Å². The van der Waals surface area contributed by atoms with Crippen molar-refractivity contribution in [3.05, 3.63) is 165 Å². The zero-order valence-corrected chi connectivity index (χ0v) is 25.4. The molecule has 5 aromatic carbocycles. The van der Waals surface area contributed by atoms with Crippen molar-refractivity contribution in [1.82, 2.24) is 10.2 Å². The average molecular weight is 617 g/mol. The van der Waals surface area contributed by atoms with E-state index in [0.29, 0.717) is 17.7 Å². The zero-order chi connectivity index (χ0) is 31.1. The quantitative estimate of drug-likeness (QED) is 0.208. The van der Waals surface area contributed by atoms with Gasteiger partial charge in [0.15, 0.2) is 0 Å². The van der Waals surface area contributed by atoms with E-state index in [-0.39, 0.29) is 30.0 Å². The molecule has 1 unspecified atom stereocenters. The maximum Gasteiger partial charge on any atom is 0.410 e. The minimum atomic E-state index is -0.610. The average Bonchev–Trinajstić information content (AvgIpc) is 3.63. The molecule has 45 heavy (non-hydrogen) atoms. The highest BCUT2D eigenvalue weighted by Crippen LogP contribution is 2.44. The lowest BCUT2D eigenvalue weighted by Crippen LogP contribution is -2.31. The molecule has 2 aliphatic rings. The summed E-state index contributed by atoms with van der Waals surface area (Å²) >= 11 is 6.47. The van der Waals surface area contributed by atoms with Crippen LogP contribution in [0.2, 0.25) is 5.02 Å². The van der Waals surface area contributed by atoms with Crippen LogP contribution >= 0.6 is 11.6 Å². The van der Waals surface area contributed by atoms with Crippen LogP contribution in [0.15, 0.2) is 109 Å². The number of nitrogens with one attached hydrogen (secondary N) is 1. The number of carbonyl (C=O) groups is 2. The Morgan fingerprint density at radius 1 is 0.889 bits per heavy atom. The number of benzene rings is 5. The molecule has 2 amide bonds. The van der Waals surface area contributed by atoms with Crippen molar-refractivity contribution in [3.8, 4) is 11.1 Å². The van der Waals surface area contributed by atoms with E-state index in [2.05, 4.69) is 29.6 Å². The Balaban J connectivity index is 1.09. The Kier molecular flexibility index (Phi) is 7.60. The Hall–Kier alpha value is -4.94. The third-order valence-electron chi connectivity index (χ3n) is 8.78. The number of ether oxygens (including phenoxy) is 1. The van der Waals surface area contributed by atoms with Gasteiger partial charge >= 0.3 is 6.09 Å². The van der Waals surface area contributed by atoms with Crippen LogP contribution < -0.4 is 5.32 Å². The fourth-order valence-corrected chi connectivity index (χ4v) is 6.77. The predicted molar refractivity (Wildman–Crippen MR) is 173 cm³/mol. The van der Waals surface area contributed by atoms with Gasteiger partial charge in [0.2, 0.25) is 0 Å². The van der Waals surface area contributed by atoms with Crippen molar-refractivity contribution < 1.29 is 18.7 Å². The van der Waals surface area contributed by atoms with Crippen LogP contribution in [0.5, 0.6) is 0 Å². The van der Waals surface area contributed by atoms with E-state index in [1.54, 1.807) is 17.0 Å². The summed E-state index contributed by atoms with van der Waals surface area (Å²) in [7, 11) is 0. The molecule has 0 saturated carbocycles. The van der Waals surface area contributed by atoms with Gasteiger partial charge < -0.3 is 10.1 Å². The van der Waals surface area contributed by atoms with Gasteiger partial charge in [0.05, 0.1) is 12.6 Å². The fraction of sp³-hybridized carbons (Fsp3) is 0.158. The first-order valence-corrected chi connectivity index (χ1v) is 15.3. The zero-order valence-electron chi connectivity index (χ0n) is 24.6. The summed E-state index contributed by atoms with van der Waals surface area (Å²) in [5.74, 6) is -0.802. The Morgan fingerprint density at radius 3 is 2.27 bits per heavy atom. The first kappa shape index (κ1) is 28.8. The highest BCUT2D eigenvalue weighted by atomic mass is 35.5. The minimum Gasteiger partial charge on any atom is -0.448 e. The maximum absolute atomic E-state index is 13.9. The van der Waals surface area contributed by atoms with Gasteiger partial charge in [0.25, 0.3) is 5.91 Å². The van der Waals surface area contributed by atoms with Crippen molar-refractivity contribution >= 4 is 23.6 Å². The molecule has 0 aromatic heterocycles. The van der Waals surface area contributed by atoms with Gasteiger partial charge in [-0.3, -0.25) is 9.69 Å². The van der Waals surface area contributed by atoms with E-state index in [4.69, 9.17) is 16.3 Å². The van der Waals surface area contributed by atoms with Crippen LogP contribution in [0.3, 0.4) is 0 Å². The lowest BCUT2D eigenvalue weighted by Gasteiger charge is -2.22. The summed E-state index contributed by atoms with van der Waals surface area (Å²) in [4.78, 5) is 28.9. The predicted octanol–water partition coefficient (Wildman–Crippen LogP) is 8.57. The summed E-state index contributed by atoms with van der Waals surface area (Å²) in [6.07, 6.45) is -0.421. The third kappa shape index (κ3) is 5.47. The molecule has 5 nitrogen and oxygen atoms in total. The second-order valence-electron chi connectivity index (χ2n) is 11.6. The molecule has 0 radical (unpaired) electrons. The summed E-state index contributed by atoms with van der Waals surface area (Å²) < 4.78 is 19.8. The van der Waals surface area contributed by atoms with E-state index < -0.39 is 18.0 Å². The SMILES string of the molecule is Cc1ccc(C(NC(=O)c2cccc3c2CN(C(=O)OCC2c4ccccc4-c4ccccc42)C3)c2ccc(F)cc2Cl)cc1. The molecule has 1 aliphatic carbocycles. The number of fused-ring (bicyclic) bond motifs is 4. The number of carbonyl (C=O) groups excluding carboxylic acids is 2. The smallest absolute Gasteiger partial charge is 0.410 e. The maximum atomic E-state index is 13.9. The first-order valence-electron chi connectivity index (χ1n) is 14.9. The highest BCUT2D eigenvalue weighted by Gasteiger charge is 2.32. The van der Waals surface area contributed by atoms with Crippen molar-refractivity contribution in [1.29, 1.82) is 0 Å². The number of hydrogen-bond acceptors (Lipinski definition) is 3. The lowest BCUT2D eigenvalue weighted by atomic mass is 9.96. The Bertz CT molecular complexity index is 1900. The van der Waals surface area contributed by atoms with Crippen LogP contribution in [0, 0.1) is 12.7 Å². The normalized spacial score (nSPS) is 14.0. The Morgan fingerprint density at radius 2 is 1.58 bits per heavy atom. The highest BCUT2D eigenvalue weighted by molar-refractivity contribution is 6.31. The van der Waals surface area contributed by atoms with Gasteiger partial charge in [-0.15, -0.1) is 0 Å². The van der Waals surface area contributed by atoms with Crippen LogP contribution in [0.25, 0.3) is 11.1 Å². The largest absolute Gasteiger partial charge is 0.448 e. The Labute approximate surface area is 266 Å². The van der Waals surface area contributed by atoms with Crippen LogP contribution in [-0.4, -0.2) is 23.5 Å². The molecule has 1 atom stereocenters. The molecule has 0 saturated heterocycles. The molecule has 7 rings (SSSR count). The van der Waals surface area contributed by atoms with E-state index in [1.165, 1.54) is 23.3 Å². The molecule has 7 heteroatoms. The van der Waals surface area contributed by atoms with Gasteiger partial charge in [-0.1, -0.05) is 108 Å². The summed E-state index contributed by atoms with van der Waals surface area (Å²) in [6.45, 7) is 2.81. The first-order chi connectivity index (χ1) is 21.9. The van der Waals surface area contributed by atoms with Crippen LogP contribution in [0.4, 0.5) is 9.18 Å². The molecule has 1 heterocycles. The van der Waals surface area contributed by atoms with Crippen molar-refractivity contribution in [2.75, 3.05) is 6.61 Å². The van der Waals surface area contributed by atoms with Gasteiger partial charge in [-0.25, -0.2) is 9.18 Å². The molecule has 5 aromatic rings. The van der Waals surface area contributed by atoms with E-state index in [0.717, 1.165) is 33.4 Å². The van der Waals surface area contributed by atoms with E-state index in [1.807, 2.05) is 67.6 Å². The topological polar surface area (TPSA) is 58.6 Å². The molecule has 0 fully saturated rings. The van der Waals surface area contributed by atoms with Gasteiger partial charge in [0, 0.05) is 23.0 Å². The standard InChI is InChI=1S/C38H30ClFN2O3/c1-23-13-15-24(16-14-23)36(32-18-17-26(40)19-35(32)39)41-37(43)31-12-6-7-25-20-42(21-33(25)31)38(44)45-22-34-29-10-4-2-8-27(29)28-9-3-5-11-30(28)34/h2-19,34,36H,20-22H2,1H3,(H,41,43). The lowest BCUT2D eigenvalue weighted by molar-refractivity contribution is 0.0932. The molecule has 1 aliphatic heterocycles. The molecule has 224 valence electrons. The molecular weight excluding hydrogens is 587 g/mol. The summed E-state index contributed by atoms with van der Waals surface area (Å²) in [5.41, 5.74) is 9.25. The summed E-state index contributed by atoms with van der Waals surface area (Å²) in [6, 6.07) is 33.3. The minimum absolute atomic E-state index is 0.0374. The third-order valence-corrected chi connectivity index (χ3v) is 9.11. The molecule has 0 spiro atoms. The number of halogens is 2. The van der Waals surface area contributed by atoms with E-state index >= 15 is 0 Å². The molecule has 1 N–H and O–H groups in total. The van der Waals surface area contributed by atoms with Crippen LogP contribution in [-0.2, 0) is 17.8 Å². The number of hydrogen-bond donors (Lipinski definition) is 1. The summed E-state index contributed by atoms with van der Waals surface area (Å²) in [5, 5.41) is 3.34. The monoisotopic (exact) mass is 616 g/mol. The number of amides is 2.